The molecule has 0 amide bonds. The fourth-order valence-electron chi connectivity index (χ4n) is 1.31. The second-order valence-corrected chi connectivity index (χ2v) is 3.45. The number of halogens is 4. The summed E-state index contributed by atoms with van der Waals surface area (Å²) in [7, 11) is 0. The van der Waals surface area contributed by atoms with E-state index >= 15 is 0 Å². The highest BCUT2D eigenvalue weighted by atomic mass is 35.5. The Morgan fingerprint density at radius 1 is 1.44 bits per heavy atom. The molecule has 0 saturated carbocycles. The fourth-order valence-corrected chi connectivity index (χ4v) is 1.53. The Labute approximate surface area is 94.0 Å². The minimum Gasteiger partial charge on any atom is -0.258 e. The van der Waals surface area contributed by atoms with Gasteiger partial charge in [0.2, 0.25) is 0 Å². The first-order valence-corrected chi connectivity index (χ1v) is 4.72. The van der Waals surface area contributed by atoms with E-state index < -0.39 is 22.5 Å². The van der Waals surface area contributed by atoms with Crippen molar-refractivity contribution in [1.29, 1.82) is 0 Å². The van der Waals surface area contributed by atoms with Gasteiger partial charge in [0.15, 0.2) is 0 Å². The summed E-state index contributed by atoms with van der Waals surface area (Å²) in [6.07, 6.45) is -4.55. The van der Waals surface area contributed by atoms with E-state index in [1.165, 1.54) is 6.92 Å². The molecule has 0 aromatic heterocycles. The molecule has 0 heterocycles. The molecule has 1 aromatic carbocycles. The average Bonchev–Trinajstić information content (AvgIpc) is 2.15. The van der Waals surface area contributed by atoms with Crippen molar-refractivity contribution in [3.05, 3.63) is 38.9 Å². The molecule has 16 heavy (non-hydrogen) atoms. The minimum absolute atomic E-state index is 0.0359. The van der Waals surface area contributed by atoms with Crippen molar-refractivity contribution in [1.82, 2.24) is 0 Å². The Balaban J connectivity index is 3.44. The van der Waals surface area contributed by atoms with Crippen molar-refractivity contribution in [2.45, 2.75) is 19.0 Å². The maximum absolute atomic E-state index is 12.5. The first kappa shape index (κ1) is 12.8. The lowest BCUT2D eigenvalue weighted by Gasteiger charge is -2.12. The Morgan fingerprint density at radius 3 is 2.38 bits per heavy atom. The molecule has 0 bridgehead atoms. The Bertz CT molecular complexity index is 431. The highest BCUT2D eigenvalue weighted by Crippen LogP contribution is 2.36. The van der Waals surface area contributed by atoms with Crippen molar-refractivity contribution in [3.8, 4) is 0 Å². The van der Waals surface area contributed by atoms with E-state index in [4.69, 9.17) is 11.6 Å². The van der Waals surface area contributed by atoms with Gasteiger partial charge in [0.1, 0.15) is 0 Å². The van der Waals surface area contributed by atoms with Crippen molar-refractivity contribution in [3.63, 3.8) is 0 Å². The van der Waals surface area contributed by atoms with E-state index in [0.29, 0.717) is 0 Å². The van der Waals surface area contributed by atoms with E-state index in [9.17, 15) is 23.3 Å². The SMILES string of the molecule is Cc1cc(C(F)(F)F)c(CCl)cc1[N+](=O)[O-]. The first-order valence-electron chi connectivity index (χ1n) is 4.18. The highest BCUT2D eigenvalue weighted by Gasteiger charge is 2.34. The van der Waals surface area contributed by atoms with Gasteiger partial charge in [0.25, 0.3) is 5.69 Å². The van der Waals surface area contributed by atoms with Crippen LogP contribution in [0.5, 0.6) is 0 Å². The number of nitrogens with zero attached hydrogens (tertiary/aromatic N) is 1. The van der Waals surface area contributed by atoms with Gasteiger partial charge in [-0.3, -0.25) is 10.1 Å². The molecule has 7 heteroatoms. The summed E-state index contributed by atoms with van der Waals surface area (Å²) < 4.78 is 37.6. The molecule has 0 fully saturated rings. The maximum Gasteiger partial charge on any atom is 0.416 e. The normalized spacial score (nSPS) is 11.6. The summed E-state index contributed by atoms with van der Waals surface area (Å²) in [6.45, 7) is 1.26. The lowest BCUT2D eigenvalue weighted by Crippen LogP contribution is -2.10. The van der Waals surface area contributed by atoms with Crippen LogP contribution < -0.4 is 0 Å². The molecular formula is C9H7ClF3NO2. The van der Waals surface area contributed by atoms with Gasteiger partial charge in [0, 0.05) is 17.5 Å². The van der Waals surface area contributed by atoms with Gasteiger partial charge < -0.3 is 0 Å². The lowest BCUT2D eigenvalue weighted by atomic mass is 10.0. The zero-order chi connectivity index (χ0) is 12.5. The van der Waals surface area contributed by atoms with Crippen LogP contribution >= 0.6 is 11.6 Å². The third-order valence-corrected chi connectivity index (χ3v) is 2.36. The van der Waals surface area contributed by atoms with E-state index in [1.54, 1.807) is 0 Å². The van der Waals surface area contributed by atoms with E-state index in [1.807, 2.05) is 0 Å². The second-order valence-electron chi connectivity index (χ2n) is 3.18. The largest absolute Gasteiger partial charge is 0.416 e. The molecule has 0 radical (unpaired) electrons. The molecule has 0 aliphatic rings. The molecule has 0 saturated heterocycles. The molecule has 0 aliphatic carbocycles. The quantitative estimate of drug-likeness (QED) is 0.459. The number of nitro groups is 1. The van der Waals surface area contributed by atoms with E-state index in [-0.39, 0.29) is 16.8 Å². The van der Waals surface area contributed by atoms with Crippen molar-refractivity contribution in [2.24, 2.45) is 0 Å². The topological polar surface area (TPSA) is 43.1 Å². The molecule has 3 nitrogen and oxygen atoms in total. The summed E-state index contributed by atoms with van der Waals surface area (Å²) in [4.78, 5) is 9.80. The Kier molecular flexibility index (Phi) is 3.42. The summed E-state index contributed by atoms with van der Waals surface area (Å²) in [5.74, 6) is -0.421. The van der Waals surface area contributed by atoms with Gasteiger partial charge in [0.05, 0.1) is 10.5 Å². The van der Waals surface area contributed by atoms with Gasteiger partial charge in [-0.05, 0) is 18.6 Å². The van der Waals surface area contributed by atoms with Crippen molar-refractivity contribution < 1.29 is 18.1 Å². The monoisotopic (exact) mass is 253 g/mol. The van der Waals surface area contributed by atoms with Gasteiger partial charge >= 0.3 is 6.18 Å². The van der Waals surface area contributed by atoms with Crippen LogP contribution in [0.3, 0.4) is 0 Å². The summed E-state index contributed by atoms with van der Waals surface area (Å²) in [5, 5.41) is 10.5. The van der Waals surface area contributed by atoms with E-state index in [0.717, 1.165) is 12.1 Å². The van der Waals surface area contributed by atoms with E-state index in [2.05, 4.69) is 0 Å². The smallest absolute Gasteiger partial charge is 0.258 e. The highest BCUT2D eigenvalue weighted by molar-refractivity contribution is 6.17. The maximum atomic E-state index is 12.5. The third-order valence-electron chi connectivity index (χ3n) is 2.07. The summed E-state index contributed by atoms with van der Waals surface area (Å²) >= 11 is 5.34. The van der Waals surface area contributed by atoms with Crippen molar-refractivity contribution >= 4 is 17.3 Å². The van der Waals surface area contributed by atoms with Crippen LogP contribution in [-0.4, -0.2) is 4.92 Å². The Morgan fingerprint density at radius 2 is 2.00 bits per heavy atom. The number of alkyl halides is 4. The van der Waals surface area contributed by atoms with Crippen LogP contribution in [0.1, 0.15) is 16.7 Å². The molecule has 88 valence electrons. The number of hydrogen-bond donors (Lipinski definition) is 0. The number of nitro benzene ring substituents is 1. The summed E-state index contributed by atoms with van der Waals surface area (Å²) in [5.41, 5.74) is -1.60. The number of hydrogen-bond acceptors (Lipinski definition) is 2. The first-order chi connectivity index (χ1) is 7.27. The molecule has 0 aliphatic heterocycles. The van der Waals surface area contributed by atoms with Crippen LogP contribution in [0, 0.1) is 17.0 Å². The van der Waals surface area contributed by atoms with Crippen LogP contribution in [-0.2, 0) is 12.1 Å². The molecule has 1 rings (SSSR count). The predicted molar refractivity (Wildman–Crippen MR) is 52.4 cm³/mol. The average molecular weight is 254 g/mol. The number of benzene rings is 1. The van der Waals surface area contributed by atoms with Gasteiger partial charge in [-0.15, -0.1) is 11.6 Å². The van der Waals surface area contributed by atoms with Crippen LogP contribution in [0.2, 0.25) is 0 Å². The second kappa shape index (κ2) is 4.29. The molecule has 1 aromatic rings. The molecule has 0 spiro atoms. The third kappa shape index (κ3) is 2.44. The van der Waals surface area contributed by atoms with Crippen LogP contribution in [0.4, 0.5) is 18.9 Å². The van der Waals surface area contributed by atoms with Crippen LogP contribution in [0.15, 0.2) is 12.1 Å². The van der Waals surface area contributed by atoms with Gasteiger partial charge in [-0.2, -0.15) is 13.2 Å². The lowest BCUT2D eigenvalue weighted by molar-refractivity contribution is -0.385. The van der Waals surface area contributed by atoms with Gasteiger partial charge in [-0.25, -0.2) is 0 Å². The molecule has 0 unspecified atom stereocenters. The molecular weight excluding hydrogens is 247 g/mol. The van der Waals surface area contributed by atoms with Crippen molar-refractivity contribution in [2.75, 3.05) is 0 Å². The zero-order valence-corrected chi connectivity index (χ0v) is 8.89. The van der Waals surface area contributed by atoms with Gasteiger partial charge in [-0.1, -0.05) is 0 Å². The Hall–Kier alpha value is -1.30. The molecule has 0 N–H and O–H groups in total. The zero-order valence-electron chi connectivity index (χ0n) is 8.14. The summed E-state index contributed by atoms with van der Waals surface area (Å²) in [6, 6.07) is 1.61. The van der Waals surface area contributed by atoms with Crippen LogP contribution in [0.25, 0.3) is 0 Å². The standard InChI is InChI=1S/C9H7ClF3NO2/c1-5-2-7(9(11,12)13)6(4-10)3-8(5)14(15)16/h2-3H,4H2,1H3. The predicted octanol–water partition coefficient (Wildman–Crippen LogP) is 3.66. The number of aryl methyl sites for hydroxylation is 1. The number of rotatable bonds is 2. The fraction of sp³-hybridized carbons (Fsp3) is 0.333. The minimum atomic E-state index is -4.55. The molecule has 0 atom stereocenters.